The first-order valence-electron chi connectivity index (χ1n) is 6.10. The molecule has 106 valence electrons. The van der Waals surface area contributed by atoms with E-state index in [0.717, 1.165) is 5.56 Å². The SMILES string of the molecule is C[C@H](NCc1c(F)ccc(Br)c1F)c1ccc(F)cc1. The first-order chi connectivity index (χ1) is 9.49. The molecule has 0 heterocycles. The van der Waals surface area contributed by atoms with Gasteiger partial charge in [0, 0.05) is 18.2 Å². The standard InChI is InChI=1S/C15H13BrF3N/c1-9(10-2-4-11(17)5-3-10)20-8-12-14(18)7-6-13(16)15(12)19/h2-7,9,20H,8H2,1H3/t9-/m0/s1. The maximum Gasteiger partial charge on any atom is 0.144 e. The minimum absolute atomic E-state index is 0.0201. The molecule has 0 aliphatic heterocycles. The van der Waals surface area contributed by atoms with Gasteiger partial charge in [-0.05, 0) is 52.7 Å². The number of nitrogens with one attached hydrogen (secondary N) is 1. The summed E-state index contributed by atoms with van der Waals surface area (Å²) in [4.78, 5) is 0. The maximum atomic E-state index is 13.8. The molecule has 2 aromatic carbocycles. The molecule has 1 atom stereocenters. The molecule has 0 saturated carbocycles. The molecule has 0 aliphatic carbocycles. The Bertz CT molecular complexity index is 599. The number of halogens is 4. The molecule has 0 fully saturated rings. The summed E-state index contributed by atoms with van der Waals surface area (Å²) in [5, 5.41) is 3.02. The molecule has 0 amide bonds. The lowest BCUT2D eigenvalue weighted by Gasteiger charge is -2.15. The molecule has 20 heavy (non-hydrogen) atoms. The van der Waals surface area contributed by atoms with Crippen molar-refractivity contribution in [3.63, 3.8) is 0 Å². The van der Waals surface area contributed by atoms with Crippen molar-refractivity contribution in [2.75, 3.05) is 0 Å². The lowest BCUT2D eigenvalue weighted by molar-refractivity contribution is 0.506. The summed E-state index contributed by atoms with van der Waals surface area (Å²) in [6.45, 7) is 1.90. The van der Waals surface area contributed by atoms with Gasteiger partial charge in [0.25, 0.3) is 0 Å². The molecule has 0 spiro atoms. The summed E-state index contributed by atoms with van der Waals surface area (Å²) in [6.07, 6.45) is 0. The minimum Gasteiger partial charge on any atom is -0.306 e. The van der Waals surface area contributed by atoms with Crippen molar-refractivity contribution >= 4 is 15.9 Å². The number of hydrogen-bond donors (Lipinski definition) is 1. The van der Waals surface area contributed by atoms with Gasteiger partial charge in [0.15, 0.2) is 0 Å². The smallest absolute Gasteiger partial charge is 0.144 e. The number of hydrogen-bond acceptors (Lipinski definition) is 1. The molecule has 2 aromatic rings. The Labute approximate surface area is 123 Å². The van der Waals surface area contributed by atoms with Gasteiger partial charge in [-0.25, -0.2) is 13.2 Å². The Morgan fingerprint density at radius 2 is 1.70 bits per heavy atom. The summed E-state index contributed by atoms with van der Waals surface area (Å²) in [6, 6.07) is 8.39. The molecule has 1 N–H and O–H groups in total. The number of benzene rings is 2. The van der Waals surface area contributed by atoms with E-state index in [9.17, 15) is 13.2 Å². The van der Waals surface area contributed by atoms with Crippen molar-refractivity contribution in [3.8, 4) is 0 Å². The van der Waals surface area contributed by atoms with E-state index in [1.807, 2.05) is 6.92 Å². The van der Waals surface area contributed by atoms with E-state index in [-0.39, 0.29) is 28.4 Å². The van der Waals surface area contributed by atoms with Gasteiger partial charge in [-0.1, -0.05) is 12.1 Å². The van der Waals surface area contributed by atoms with Crippen molar-refractivity contribution in [1.29, 1.82) is 0 Å². The van der Waals surface area contributed by atoms with E-state index in [1.165, 1.54) is 24.3 Å². The van der Waals surface area contributed by atoms with Gasteiger partial charge >= 0.3 is 0 Å². The average Bonchev–Trinajstić information content (AvgIpc) is 2.43. The predicted octanol–water partition coefficient (Wildman–Crippen LogP) is 4.72. The summed E-state index contributed by atoms with van der Waals surface area (Å²) < 4.78 is 40.4. The topological polar surface area (TPSA) is 12.0 Å². The Morgan fingerprint density at radius 1 is 1.05 bits per heavy atom. The average molecular weight is 344 g/mol. The molecular formula is C15H13BrF3N. The monoisotopic (exact) mass is 343 g/mol. The highest BCUT2D eigenvalue weighted by Crippen LogP contribution is 2.22. The lowest BCUT2D eigenvalue weighted by Crippen LogP contribution is -2.19. The van der Waals surface area contributed by atoms with Gasteiger partial charge in [-0.3, -0.25) is 0 Å². The molecular weight excluding hydrogens is 331 g/mol. The zero-order chi connectivity index (χ0) is 14.7. The molecule has 0 bridgehead atoms. The van der Waals surface area contributed by atoms with Crippen molar-refractivity contribution in [2.24, 2.45) is 0 Å². The molecule has 1 nitrogen and oxygen atoms in total. The van der Waals surface area contributed by atoms with Crippen LogP contribution in [0.25, 0.3) is 0 Å². The van der Waals surface area contributed by atoms with Crippen molar-refractivity contribution in [3.05, 3.63) is 69.4 Å². The summed E-state index contributed by atoms with van der Waals surface area (Å²) in [5.41, 5.74) is 0.829. The molecule has 5 heteroatoms. The van der Waals surface area contributed by atoms with Crippen LogP contribution in [-0.4, -0.2) is 0 Å². The van der Waals surface area contributed by atoms with Crippen LogP contribution in [0.2, 0.25) is 0 Å². The van der Waals surface area contributed by atoms with Crippen molar-refractivity contribution < 1.29 is 13.2 Å². The van der Waals surface area contributed by atoms with Crippen LogP contribution in [0.5, 0.6) is 0 Å². The second-order valence-electron chi connectivity index (χ2n) is 4.48. The van der Waals surface area contributed by atoms with Gasteiger partial charge in [-0.15, -0.1) is 0 Å². The fourth-order valence-corrected chi connectivity index (χ4v) is 2.23. The fourth-order valence-electron chi connectivity index (χ4n) is 1.86. The summed E-state index contributed by atoms with van der Waals surface area (Å²) in [5.74, 6) is -1.52. The van der Waals surface area contributed by atoms with Crippen molar-refractivity contribution in [2.45, 2.75) is 19.5 Å². The first-order valence-corrected chi connectivity index (χ1v) is 6.89. The molecule has 0 saturated heterocycles. The zero-order valence-corrected chi connectivity index (χ0v) is 12.3. The number of rotatable bonds is 4. The van der Waals surface area contributed by atoms with Gasteiger partial charge in [0.1, 0.15) is 17.5 Å². The maximum absolute atomic E-state index is 13.8. The quantitative estimate of drug-likeness (QED) is 0.792. The van der Waals surface area contributed by atoms with Crippen LogP contribution >= 0.6 is 15.9 Å². The van der Waals surface area contributed by atoms with E-state index in [2.05, 4.69) is 21.2 Å². The third-order valence-electron chi connectivity index (χ3n) is 3.09. The minimum atomic E-state index is -0.608. The fraction of sp³-hybridized carbons (Fsp3) is 0.200. The van der Waals surface area contributed by atoms with Crippen LogP contribution in [0.1, 0.15) is 24.1 Å². The van der Waals surface area contributed by atoms with Gasteiger partial charge in [0.2, 0.25) is 0 Å². The molecule has 0 unspecified atom stereocenters. The normalized spacial score (nSPS) is 12.4. The van der Waals surface area contributed by atoms with Crippen molar-refractivity contribution in [1.82, 2.24) is 5.32 Å². The summed E-state index contributed by atoms with van der Waals surface area (Å²) >= 11 is 3.03. The third kappa shape index (κ3) is 3.41. The molecule has 2 rings (SSSR count). The van der Waals surface area contributed by atoms with Crippen LogP contribution < -0.4 is 5.32 Å². The highest BCUT2D eigenvalue weighted by atomic mass is 79.9. The van der Waals surface area contributed by atoms with E-state index in [4.69, 9.17) is 0 Å². The summed E-state index contributed by atoms with van der Waals surface area (Å²) in [7, 11) is 0. The largest absolute Gasteiger partial charge is 0.306 e. The third-order valence-corrected chi connectivity index (χ3v) is 3.71. The van der Waals surface area contributed by atoms with Gasteiger partial charge in [0.05, 0.1) is 4.47 Å². The Kier molecular flexibility index (Phi) is 4.83. The zero-order valence-electron chi connectivity index (χ0n) is 10.8. The molecule has 0 aliphatic rings. The first kappa shape index (κ1) is 15.1. The van der Waals surface area contributed by atoms with Crippen LogP contribution in [0, 0.1) is 17.5 Å². The molecule has 0 aromatic heterocycles. The second kappa shape index (κ2) is 6.41. The Balaban J connectivity index is 2.09. The van der Waals surface area contributed by atoms with E-state index < -0.39 is 11.6 Å². The van der Waals surface area contributed by atoms with Gasteiger partial charge < -0.3 is 5.32 Å². The van der Waals surface area contributed by atoms with E-state index in [1.54, 1.807) is 12.1 Å². The highest BCUT2D eigenvalue weighted by Gasteiger charge is 2.13. The van der Waals surface area contributed by atoms with Crippen LogP contribution in [0.4, 0.5) is 13.2 Å². The predicted molar refractivity (Wildman–Crippen MR) is 75.7 cm³/mol. The van der Waals surface area contributed by atoms with E-state index >= 15 is 0 Å². The lowest BCUT2D eigenvalue weighted by atomic mass is 10.1. The van der Waals surface area contributed by atoms with Crippen LogP contribution in [-0.2, 0) is 6.54 Å². The van der Waals surface area contributed by atoms with Crippen LogP contribution in [0.3, 0.4) is 0 Å². The van der Waals surface area contributed by atoms with Crippen LogP contribution in [0.15, 0.2) is 40.9 Å². The Hall–Kier alpha value is -1.33. The Morgan fingerprint density at radius 3 is 2.35 bits per heavy atom. The van der Waals surface area contributed by atoms with E-state index in [0.29, 0.717) is 0 Å². The second-order valence-corrected chi connectivity index (χ2v) is 5.33. The highest BCUT2D eigenvalue weighted by molar-refractivity contribution is 9.10. The molecule has 0 radical (unpaired) electrons. The van der Waals surface area contributed by atoms with Gasteiger partial charge in [-0.2, -0.15) is 0 Å².